The number of hydrogen-bond donors (Lipinski definition) is 0. The maximum atomic E-state index is 13.1. The van der Waals surface area contributed by atoms with Crippen LogP contribution in [0.5, 0.6) is 0 Å². The summed E-state index contributed by atoms with van der Waals surface area (Å²) in [5.41, 5.74) is 1.38. The van der Waals surface area contributed by atoms with Crippen LogP contribution in [0.3, 0.4) is 0 Å². The van der Waals surface area contributed by atoms with Gasteiger partial charge in [0.25, 0.3) is 0 Å². The molecule has 2 atom stereocenters. The summed E-state index contributed by atoms with van der Waals surface area (Å²) in [4.78, 5) is 30.6. The van der Waals surface area contributed by atoms with Crippen LogP contribution in [0.15, 0.2) is 24.3 Å². The summed E-state index contributed by atoms with van der Waals surface area (Å²) in [5.74, 6) is 0.341. The molecule has 1 spiro atoms. The quantitative estimate of drug-likeness (QED) is 0.818. The Bertz CT molecular complexity index is 754. The molecule has 0 unspecified atom stereocenters. The van der Waals surface area contributed by atoms with Gasteiger partial charge in [-0.25, -0.2) is 0 Å². The fourth-order valence-corrected chi connectivity index (χ4v) is 4.22. The van der Waals surface area contributed by atoms with Crippen molar-refractivity contribution in [2.24, 2.45) is 11.3 Å². The van der Waals surface area contributed by atoms with Crippen molar-refractivity contribution in [2.75, 3.05) is 40.3 Å². The molecule has 6 nitrogen and oxygen atoms in total. The molecule has 2 heterocycles. The molecule has 0 aromatic heterocycles. The highest BCUT2D eigenvalue weighted by Crippen LogP contribution is 2.45. The van der Waals surface area contributed by atoms with E-state index in [2.05, 4.69) is 17.9 Å². The Balaban J connectivity index is 1.69. The van der Waals surface area contributed by atoms with Crippen LogP contribution in [0.1, 0.15) is 24.5 Å². The first-order chi connectivity index (χ1) is 12.4. The molecule has 2 amide bonds. The van der Waals surface area contributed by atoms with E-state index in [1.807, 2.05) is 18.2 Å². The SMILES string of the molecule is C[C@@H]1CN(Cc2cccc(C#N)c2)C[C@]12CCN(CC(=O)N(C)C)C2=O. The van der Waals surface area contributed by atoms with Crippen molar-refractivity contribution in [3.8, 4) is 6.07 Å². The van der Waals surface area contributed by atoms with E-state index in [9.17, 15) is 9.59 Å². The zero-order valence-corrected chi connectivity index (χ0v) is 15.7. The topological polar surface area (TPSA) is 67.7 Å². The Morgan fingerprint density at radius 2 is 2.19 bits per heavy atom. The van der Waals surface area contributed by atoms with Crippen molar-refractivity contribution in [2.45, 2.75) is 19.9 Å². The Labute approximate surface area is 155 Å². The molecule has 6 heteroatoms. The lowest BCUT2D eigenvalue weighted by molar-refractivity contribution is -0.142. The molecule has 2 saturated heterocycles. The predicted octanol–water partition coefficient (Wildman–Crippen LogP) is 1.32. The smallest absolute Gasteiger partial charge is 0.241 e. The molecule has 1 aromatic rings. The second-order valence-electron chi connectivity index (χ2n) is 7.80. The van der Waals surface area contributed by atoms with Crippen LogP contribution in [-0.4, -0.2) is 66.8 Å². The highest BCUT2D eigenvalue weighted by molar-refractivity contribution is 5.90. The number of likely N-dealkylation sites (N-methyl/N-ethyl adjacent to an activating group) is 1. The van der Waals surface area contributed by atoms with E-state index in [1.54, 1.807) is 25.1 Å². The zero-order chi connectivity index (χ0) is 18.9. The van der Waals surface area contributed by atoms with Crippen LogP contribution in [-0.2, 0) is 16.1 Å². The summed E-state index contributed by atoms with van der Waals surface area (Å²) in [7, 11) is 3.43. The average Bonchev–Trinajstić information content (AvgIpc) is 3.09. The molecule has 2 fully saturated rings. The van der Waals surface area contributed by atoms with Gasteiger partial charge in [-0.15, -0.1) is 0 Å². The van der Waals surface area contributed by atoms with Crippen LogP contribution in [0.2, 0.25) is 0 Å². The van der Waals surface area contributed by atoms with Gasteiger partial charge in [0.2, 0.25) is 11.8 Å². The van der Waals surface area contributed by atoms with Crippen molar-refractivity contribution in [3.05, 3.63) is 35.4 Å². The Morgan fingerprint density at radius 3 is 2.88 bits per heavy atom. The zero-order valence-electron chi connectivity index (χ0n) is 15.7. The molecule has 0 bridgehead atoms. The maximum Gasteiger partial charge on any atom is 0.241 e. The molecule has 0 aliphatic carbocycles. The fourth-order valence-electron chi connectivity index (χ4n) is 4.22. The maximum absolute atomic E-state index is 13.1. The Kier molecular flexibility index (Phi) is 5.01. The van der Waals surface area contributed by atoms with Gasteiger partial charge in [-0.3, -0.25) is 14.5 Å². The average molecular weight is 354 g/mol. The van der Waals surface area contributed by atoms with Gasteiger partial charge in [0, 0.05) is 40.3 Å². The van der Waals surface area contributed by atoms with Crippen LogP contribution in [0.4, 0.5) is 0 Å². The van der Waals surface area contributed by atoms with Gasteiger partial charge in [0.05, 0.1) is 23.6 Å². The summed E-state index contributed by atoms with van der Waals surface area (Å²) in [5, 5.41) is 9.06. The normalized spacial score (nSPS) is 25.7. The van der Waals surface area contributed by atoms with E-state index in [0.29, 0.717) is 12.1 Å². The highest BCUT2D eigenvalue weighted by atomic mass is 16.2. The van der Waals surface area contributed by atoms with Gasteiger partial charge >= 0.3 is 0 Å². The second-order valence-corrected chi connectivity index (χ2v) is 7.80. The van der Waals surface area contributed by atoms with E-state index in [-0.39, 0.29) is 29.7 Å². The van der Waals surface area contributed by atoms with E-state index < -0.39 is 0 Å². The molecule has 0 N–H and O–H groups in total. The number of rotatable bonds is 4. The third-order valence-electron chi connectivity index (χ3n) is 5.81. The number of amides is 2. The van der Waals surface area contributed by atoms with Crippen molar-refractivity contribution in [1.29, 1.82) is 5.26 Å². The largest absolute Gasteiger partial charge is 0.347 e. The minimum absolute atomic E-state index is 0.0359. The van der Waals surface area contributed by atoms with Crippen LogP contribution in [0.25, 0.3) is 0 Å². The van der Waals surface area contributed by atoms with Gasteiger partial charge in [0.1, 0.15) is 0 Å². The molecule has 0 radical (unpaired) electrons. The lowest BCUT2D eigenvalue weighted by Gasteiger charge is -2.27. The highest BCUT2D eigenvalue weighted by Gasteiger charge is 2.55. The lowest BCUT2D eigenvalue weighted by atomic mass is 9.78. The summed E-state index contributed by atoms with van der Waals surface area (Å²) in [6, 6.07) is 9.81. The van der Waals surface area contributed by atoms with E-state index in [4.69, 9.17) is 5.26 Å². The summed E-state index contributed by atoms with van der Waals surface area (Å²) in [6.07, 6.45) is 0.808. The third kappa shape index (κ3) is 3.32. The van der Waals surface area contributed by atoms with Gasteiger partial charge in [0.15, 0.2) is 0 Å². The van der Waals surface area contributed by atoms with Crippen LogP contribution in [0, 0.1) is 22.7 Å². The van der Waals surface area contributed by atoms with E-state index in [0.717, 1.165) is 31.6 Å². The van der Waals surface area contributed by atoms with Gasteiger partial charge in [-0.1, -0.05) is 19.1 Å². The third-order valence-corrected chi connectivity index (χ3v) is 5.81. The number of nitrogens with zero attached hydrogens (tertiary/aromatic N) is 4. The van der Waals surface area contributed by atoms with Crippen molar-refractivity contribution >= 4 is 11.8 Å². The summed E-state index contributed by atoms with van der Waals surface area (Å²) < 4.78 is 0. The number of likely N-dealkylation sites (tertiary alicyclic amines) is 2. The lowest BCUT2D eigenvalue weighted by Crippen LogP contribution is -2.43. The van der Waals surface area contributed by atoms with Gasteiger partial charge in [-0.2, -0.15) is 5.26 Å². The number of carbonyl (C=O) groups is 2. The first-order valence-corrected chi connectivity index (χ1v) is 9.06. The van der Waals surface area contributed by atoms with Crippen molar-refractivity contribution < 1.29 is 9.59 Å². The number of nitriles is 1. The van der Waals surface area contributed by atoms with Crippen LogP contribution < -0.4 is 0 Å². The van der Waals surface area contributed by atoms with Crippen molar-refractivity contribution in [3.63, 3.8) is 0 Å². The minimum Gasteiger partial charge on any atom is -0.347 e. The van der Waals surface area contributed by atoms with Crippen molar-refractivity contribution in [1.82, 2.24) is 14.7 Å². The number of benzene rings is 1. The van der Waals surface area contributed by atoms with Gasteiger partial charge < -0.3 is 9.80 Å². The molecule has 3 rings (SSSR count). The first-order valence-electron chi connectivity index (χ1n) is 9.06. The molecule has 2 aliphatic rings. The minimum atomic E-state index is -0.376. The Morgan fingerprint density at radius 1 is 1.42 bits per heavy atom. The molecular formula is C20H26N4O2. The van der Waals surface area contributed by atoms with E-state index >= 15 is 0 Å². The molecule has 138 valence electrons. The van der Waals surface area contributed by atoms with Gasteiger partial charge in [-0.05, 0) is 30.0 Å². The standard InChI is InChI=1S/C20H26N4O2/c1-15-11-23(12-17-6-4-5-16(9-17)10-21)14-20(15)7-8-24(19(20)26)13-18(25)22(2)3/h4-6,9,15H,7-8,11-14H2,1-3H3/t15-,20-/m1/s1. The summed E-state index contributed by atoms with van der Waals surface area (Å²) >= 11 is 0. The van der Waals surface area contributed by atoms with Crippen LogP contribution >= 0.6 is 0 Å². The first kappa shape index (κ1) is 18.4. The number of hydrogen-bond acceptors (Lipinski definition) is 4. The molecule has 2 aliphatic heterocycles. The summed E-state index contributed by atoms with van der Waals surface area (Å²) in [6.45, 7) is 5.28. The second kappa shape index (κ2) is 7.08. The van der Waals surface area contributed by atoms with E-state index in [1.165, 1.54) is 4.90 Å². The molecule has 1 aromatic carbocycles. The molecule has 0 saturated carbocycles. The fraction of sp³-hybridized carbons (Fsp3) is 0.550. The number of carbonyl (C=O) groups excluding carboxylic acids is 2. The molecule has 26 heavy (non-hydrogen) atoms. The Hall–Kier alpha value is -2.39. The molecular weight excluding hydrogens is 328 g/mol. The monoisotopic (exact) mass is 354 g/mol. The predicted molar refractivity (Wildman–Crippen MR) is 97.9 cm³/mol.